The first-order valence-corrected chi connectivity index (χ1v) is 8.17. The zero-order valence-corrected chi connectivity index (χ0v) is 14.8. The SMILES string of the molecule is COc1cccc(-n2nnc(C(=O)Nc3ccccc3CC(=O)O)c2C)c1. The third-order valence-electron chi connectivity index (χ3n) is 4.01. The molecule has 0 spiro atoms. The summed E-state index contributed by atoms with van der Waals surface area (Å²) in [6, 6.07) is 14.0. The third-order valence-corrected chi connectivity index (χ3v) is 4.01. The number of ether oxygens (including phenoxy) is 1. The number of anilines is 1. The van der Waals surface area contributed by atoms with Crippen LogP contribution in [-0.4, -0.2) is 39.1 Å². The van der Waals surface area contributed by atoms with Gasteiger partial charge in [-0.1, -0.05) is 29.5 Å². The summed E-state index contributed by atoms with van der Waals surface area (Å²) >= 11 is 0. The van der Waals surface area contributed by atoms with Crippen LogP contribution in [0.2, 0.25) is 0 Å². The van der Waals surface area contributed by atoms with Crippen LogP contribution in [0.4, 0.5) is 5.69 Å². The molecule has 0 aliphatic carbocycles. The molecule has 3 rings (SSSR count). The Morgan fingerprint density at radius 3 is 2.70 bits per heavy atom. The Kier molecular flexibility index (Phi) is 5.16. The van der Waals surface area contributed by atoms with Crippen LogP contribution in [0, 0.1) is 6.92 Å². The first-order valence-electron chi connectivity index (χ1n) is 8.17. The number of aromatic nitrogens is 3. The number of benzene rings is 2. The van der Waals surface area contributed by atoms with E-state index in [0.717, 1.165) is 0 Å². The average molecular weight is 366 g/mol. The Morgan fingerprint density at radius 1 is 1.19 bits per heavy atom. The van der Waals surface area contributed by atoms with Gasteiger partial charge in [0.1, 0.15) is 5.75 Å². The van der Waals surface area contributed by atoms with Crippen molar-refractivity contribution in [3.05, 3.63) is 65.5 Å². The molecule has 1 heterocycles. The van der Waals surface area contributed by atoms with Crippen LogP contribution in [0.25, 0.3) is 5.69 Å². The lowest BCUT2D eigenvalue weighted by Gasteiger charge is -2.09. The minimum atomic E-state index is -0.975. The van der Waals surface area contributed by atoms with Crippen molar-refractivity contribution in [3.8, 4) is 11.4 Å². The van der Waals surface area contributed by atoms with E-state index in [0.29, 0.717) is 28.4 Å². The highest BCUT2D eigenvalue weighted by atomic mass is 16.5. The Hall–Kier alpha value is -3.68. The molecule has 138 valence electrons. The monoisotopic (exact) mass is 366 g/mol. The molecular formula is C19H18N4O4. The predicted octanol–water partition coefficient (Wildman–Crippen LogP) is 2.46. The van der Waals surface area contributed by atoms with Crippen molar-refractivity contribution in [1.82, 2.24) is 15.0 Å². The van der Waals surface area contributed by atoms with Gasteiger partial charge in [-0.05, 0) is 30.7 Å². The van der Waals surface area contributed by atoms with E-state index in [4.69, 9.17) is 9.84 Å². The second kappa shape index (κ2) is 7.69. The van der Waals surface area contributed by atoms with Gasteiger partial charge in [0, 0.05) is 11.8 Å². The molecule has 2 N–H and O–H groups in total. The van der Waals surface area contributed by atoms with Gasteiger partial charge in [0.05, 0.1) is 24.9 Å². The van der Waals surface area contributed by atoms with Crippen molar-refractivity contribution in [2.45, 2.75) is 13.3 Å². The number of hydrogen-bond acceptors (Lipinski definition) is 5. The van der Waals surface area contributed by atoms with Crippen molar-refractivity contribution >= 4 is 17.6 Å². The lowest BCUT2D eigenvalue weighted by atomic mass is 10.1. The van der Waals surface area contributed by atoms with E-state index in [1.165, 1.54) is 0 Å². The topological polar surface area (TPSA) is 106 Å². The smallest absolute Gasteiger partial charge is 0.307 e. The molecule has 1 aromatic heterocycles. The quantitative estimate of drug-likeness (QED) is 0.694. The van der Waals surface area contributed by atoms with Crippen LogP contribution in [0.5, 0.6) is 5.75 Å². The molecule has 0 aliphatic heterocycles. The maximum Gasteiger partial charge on any atom is 0.307 e. The molecule has 2 aromatic carbocycles. The molecule has 27 heavy (non-hydrogen) atoms. The van der Waals surface area contributed by atoms with E-state index < -0.39 is 11.9 Å². The summed E-state index contributed by atoms with van der Waals surface area (Å²) < 4.78 is 6.75. The van der Waals surface area contributed by atoms with Gasteiger partial charge in [0.2, 0.25) is 0 Å². The maximum atomic E-state index is 12.6. The number of carbonyl (C=O) groups excluding carboxylic acids is 1. The van der Waals surface area contributed by atoms with E-state index in [1.807, 2.05) is 18.2 Å². The van der Waals surface area contributed by atoms with E-state index in [-0.39, 0.29) is 12.1 Å². The number of nitrogens with one attached hydrogen (secondary N) is 1. The van der Waals surface area contributed by atoms with Gasteiger partial charge in [-0.3, -0.25) is 9.59 Å². The first kappa shape index (κ1) is 18.1. The fourth-order valence-corrected chi connectivity index (χ4v) is 2.67. The lowest BCUT2D eigenvalue weighted by molar-refractivity contribution is -0.136. The normalized spacial score (nSPS) is 10.4. The first-order chi connectivity index (χ1) is 13.0. The number of nitrogens with zero attached hydrogens (tertiary/aromatic N) is 3. The Bertz CT molecular complexity index is 997. The van der Waals surface area contributed by atoms with Gasteiger partial charge in [0.15, 0.2) is 5.69 Å². The number of rotatable bonds is 6. The number of methoxy groups -OCH3 is 1. The highest BCUT2D eigenvalue weighted by Gasteiger charge is 2.19. The summed E-state index contributed by atoms with van der Waals surface area (Å²) in [7, 11) is 1.57. The van der Waals surface area contributed by atoms with Crippen molar-refractivity contribution in [3.63, 3.8) is 0 Å². The van der Waals surface area contributed by atoms with Crippen LogP contribution in [0.1, 0.15) is 21.7 Å². The lowest BCUT2D eigenvalue weighted by Crippen LogP contribution is -2.16. The van der Waals surface area contributed by atoms with Gasteiger partial charge in [0.25, 0.3) is 5.91 Å². The van der Waals surface area contributed by atoms with Gasteiger partial charge >= 0.3 is 5.97 Å². The summed E-state index contributed by atoms with van der Waals surface area (Å²) in [5, 5.41) is 19.8. The third kappa shape index (κ3) is 3.95. The Balaban J connectivity index is 1.87. The summed E-state index contributed by atoms with van der Waals surface area (Å²) in [5.41, 5.74) is 2.36. The molecule has 0 radical (unpaired) electrons. The second-order valence-corrected chi connectivity index (χ2v) is 5.82. The molecule has 0 saturated carbocycles. The highest BCUT2D eigenvalue weighted by Crippen LogP contribution is 2.20. The number of carboxylic acids is 1. The molecular weight excluding hydrogens is 348 g/mol. The number of amides is 1. The van der Waals surface area contributed by atoms with E-state index >= 15 is 0 Å². The van der Waals surface area contributed by atoms with E-state index in [9.17, 15) is 9.59 Å². The number of carbonyl (C=O) groups is 2. The van der Waals surface area contributed by atoms with Gasteiger partial charge in [-0.25, -0.2) is 4.68 Å². The minimum absolute atomic E-state index is 0.156. The van der Waals surface area contributed by atoms with Crippen LogP contribution in [0.15, 0.2) is 48.5 Å². The standard InChI is InChI=1S/C19H18N4O4/c1-12-18(21-22-23(12)14-7-5-8-15(11-14)27-2)19(26)20-16-9-4-3-6-13(16)10-17(24)25/h3-9,11H,10H2,1-2H3,(H,20,26)(H,24,25). The molecule has 0 unspecified atom stereocenters. The molecule has 0 atom stereocenters. The maximum absolute atomic E-state index is 12.6. The van der Waals surface area contributed by atoms with Crippen molar-refractivity contribution in [2.24, 2.45) is 0 Å². The average Bonchev–Trinajstić information content (AvgIpc) is 3.04. The minimum Gasteiger partial charge on any atom is -0.497 e. The second-order valence-electron chi connectivity index (χ2n) is 5.82. The molecule has 0 aliphatic rings. The van der Waals surface area contributed by atoms with Crippen molar-refractivity contribution < 1.29 is 19.4 Å². The molecule has 3 aromatic rings. The fourth-order valence-electron chi connectivity index (χ4n) is 2.67. The van der Waals surface area contributed by atoms with Gasteiger partial charge < -0.3 is 15.2 Å². The fraction of sp³-hybridized carbons (Fsp3) is 0.158. The van der Waals surface area contributed by atoms with Crippen LogP contribution < -0.4 is 10.1 Å². The Labute approximate surface area is 155 Å². The number of para-hydroxylation sites is 1. The van der Waals surface area contributed by atoms with Crippen LogP contribution in [0.3, 0.4) is 0 Å². The number of hydrogen-bond donors (Lipinski definition) is 2. The van der Waals surface area contributed by atoms with Crippen molar-refractivity contribution in [1.29, 1.82) is 0 Å². The predicted molar refractivity (Wildman–Crippen MR) is 98.4 cm³/mol. The largest absolute Gasteiger partial charge is 0.497 e. The zero-order valence-electron chi connectivity index (χ0n) is 14.8. The molecule has 0 fully saturated rings. The van der Waals surface area contributed by atoms with E-state index in [2.05, 4.69) is 15.6 Å². The molecule has 0 bridgehead atoms. The Morgan fingerprint density at radius 2 is 1.96 bits per heavy atom. The zero-order chi connectivity index (χ0) is 19.4. The summed E-state index contributed by atoms with van der Waals surface area (Å²) in [6.45, 7) is 1.73. The molecule has 1 amide bonds. The number of aliphatic carboxylic acids is 1. The van der Waals surface area contributed by atoms with E-state index in [1.54, 1.807) is 49.0 Å². The highest BCUT2D eigenvalue weighted by molar-refractivity contribution is 6.04. The summed E-state index contributed by atoms with van der Waals surface area (Å²) in [4.78, 5) is 23.6. The molecule has 8 heteroatoms. The molecule has 0 saturated heterocycles. The van der Waals surface area contributed by atoms with Gasteiger partial charge in [-0.2, -0.15) is 0 Å². The summed E-state index contributed by atoms with van der Waals surface area (Å²) in [5.74, 6) is -0.771. The van der Waals surface area contributed by atoms with Crippen LogP contribution in [-0.2, 0) is 11.2 Å². The van der Waals surface area contributed by atoms with Crippen molar-refractivity contribution in [2.75, 3.05) is 12.4 Å². The number of carboxylic acid groups (broad SMARTS) is 1. The summed E-state index contributed by atoms with van der Waals surface area (Å²) in [6.07, 6.45) is -0.189. The van der Waals surface area contributed by atoms with Crippen LogP contribution >= 0.6 is 0 Å². The van der Waals surface area contributed by atoms with Gasteiger partial charge in [-0.15, -0.1) is 5.10 Å². The molecule has 8 nitrogen and oxygen atoms in total.